The summed E-state index contributed by atoms with van der Waals surface area (Å²) in [6.45, 7) is 6.57. The second kappa shape index (κ2) is 5.48. The van der Waals surface area contributed by atoms with E-state index >= 15 is 0 Å². The lowest BCUT2D eigenvalue weighted by atomic mass is 10.1. The van der Waals surface area contributed by atoms with Crippen molar-refractivity contribution in [2.75, 3.05) is 13.1 Å². The number of nitrogens with one attached hydrogen (secondary N) is 1. The number of H-pyrrole nitrogens is 1. The molecule has 1 aromatic carbocycles. The summed E-state index contributed by atoms with van der Waals surface area (Å²) in [5.41, 5.74) is 1.15. The molecule has 0 radical (unpaired) electrons. The molecule has 1 aromatic heterocycles. The molecule has 1 fully saturated rings. The minimum atomic E-state index is -0.306. The molecule has 2 heterocycles. The molecule has 3 rings (SSSR count). The second-order valence-corrected chi connectivity index (χ2v) is 5.82. The number of hydrogen-bond donors (Lipinski definition) is 1. The van der Waals surface area contributed by atoms with Gasteiger partial charge in [-0.2, -0.15) is 0 Å². The zero-order valence-corrected chi connectivity index (χ0v) is 12.6. The Bertz CT molecular complexity index is 775. The fraction of sp³-hybridized carbons (Fsp3) is 0.500. The van der Waals surface area contributed by atoms with Gasteiger partial charge in [0.15, 0.2) is 0 Å². The zero-order chi connectivity index (χ0) is 15.0. The summed E-state index contributed by atoms with van der Waals surface area (Å²) in [5, 5.41) is 0.593. The van der Waals surface area contributed by atoms with Crippen molar-refractivity contribution in [1.82, 2.24) is 14.5 Å². The number of likely N-dealkylation sites (tertiary alicyclic amines) is 1. The Hall–Kier alpha value is -1.88. The molecule has 1 N–H and O–H groups in total. The fourth-order valence-electron chi connectivity index (χ4n) is 3.26. The minimum absolute atomic E-state index is 0.180. The Morgan fingerprint density at radius 3 is 2.90 bits per heavy atom. The number of likely N-dealkylation sites (N-methyl/N-ethyl adjacent to an activating group) is 1. The van der Waals surface area contributed by atoms with Gasteiger partial charge in [0.2, 0.25) is 0 Å². The highest BCUT2D eigenvalue weighted by Crippen LogP contribution is 2.17. The highest BCUT2D eigenvalue weighted by atomic mass is 16.2. The number of nitrogens with zero attached hydrogens (tertiary/aromatic N) is 2. The summed E-state index contributed by atoms with van der Waals surface area (Å²) in [7, 11) is 0. The van der Waals surface area contributed by atoms with Crippen LogP contribution in [0.2, 0.25) is 0 Å². The molecule has 1 atom stereocenters. The van der Waals surface area contributed by atoms with Crippen LogP contribution < -0.4 is 11.2 Å². The van der Waals surface area contributed by atoms with Crippen LogP contribution in [-0.2, 0) is 6.54 Å². The number of fused-ring (bicyclic) bond motifs is 1. The first-order chi connectivity index (χ1) is 10.1. The van der Waals surface area contributed by atoms with Crippen molar-refractivity contribution < 1.29 is 0 Å². The van der Waals surface area contributed by atoms with E-state index in [9.17, 15) is 9.59 Å². The summed E-state index contributed by atoms with van der Waals surface area (Å²) < 4.78 is 1.36. The Balaban J connectivity index is 2.06. The molecule has 1 aliphatic rings. The maximum Gasteiger partial charge on any atom is 0.328 e. The predicted molar refractivity (Wildman–Crippen MR) is 83.8 cm³/mol. The van der Waals surface area contributed by atoms with Gasteiger partial charge in [0, 0.05) is 12.6 Å². The molecule has 0 aliphatic carbocycles. The SMILES string of the molecule is CCN1CCCC1Cn1c(=O)[nH]c2ccc(C)cc2c1=O. The molecule has 5 nitrogen and oxygen atoms in total. The highest BCUT2D eigenvalue weighted by molar-refractivity contribution is 5.77. The quantitative estimate of drug-likeness (QED) is 0.930. The molecule has 21 heavy (non-hydrogen) atoms. The Morgan fingerprint density at radius 1 is 1.33 bits per heavy atom. The van der Waals surface area contributed by atoms with Gasteiger partial charge in [-0.05, 0) is 45.0 Å². The Labute approximate surface area is 123 Å². The van der Waals surface area contributed by atoms with Gasteiger partial charge in [0.05, 0.1) is 10.9 Å². The van der Waals surface area contributed by atoms with Gasteiger partial charge in [-0.1, -0.05) is 18.6 Å². The zero-order valence-electron chi connectivity index (χ0n) is 12.6. The number of aryl methyl sites for hydroxylation is 1. The molecule has 112 valence electrons. The minimum Gasteiger partial charge on any atom is -0.307 e. The Morgan fingerprint density at radius 2 is 2.14 bits per heavy atom. The number of rotatable bonds is 3. The average molecular weight is 287 g/mol. The van der Waals surface area contributed by atoms with Gasteiger partial charge < -0.3 is 4.98 Å². The van der Waals surface area contributed by atoms with Gasteiger partial charge in [0.25, 0.3) is 5.56 Å². The van der Waals surface area contributed by atoms with Crippen LogP contribution in [0.5, 0.6) is 0 Å². The van der Waals surface area contributed by atoms with Crippen LogP contribution in [0.1, 0.15) is 25.3 Å². The lowest BCUT2D eigenvalue weighted by Crippen LogP contribution is -2.42. The molecule has 0 saturated carbocycles. The number of aromatic nitrogens is 2. The van der Waals surface area contributed by atoms with Crippen molar-refractivity contribution in [2.24, 2.45) is 0 Å². The fourth-order valence-corrected chi connectivity index (χ4v) is 3.26. The first-order valence-electron chi connectivity index (χ1n) is 7.57. The number of hydrogen-bond acceptors (Lipinski definition) is 3. The van der Waals surface area contributed by atoms with Crippen molar-refractivity contribution in [3.63, 3.8) is 0 Å². The summed E-state index contributed by atoms with van der Waals surface area (Å²) in [6.07, 6.45) is 2.18. The van der Waals surface area contributed by atoms with Gasteiger partial charge >= 0.3 is 5.69 Å². The van der Waals surface area contributed by atoms with Crippen LogP contribution >= 0.6 is 0 Å². The lowest BCUT2D eigenvalue weighted by Gasteiger charge is -2.23. The molecule has 5 heteroatoms. The van der Waals surface area contributed by atoms with Crippen LogP contribution in [0, 0.1) is 6.92 Å². The molecule has 0 bridgehead atoms. The smallest absolute Gasteiger partial charge is 0.307 e. The molecular formula is C16H21N3O2. The van der Waals surface area contributed by atoms with Crippen molar-refractivity contribution in [1.29, 1.82) is 0 Å². The molecule has 1 saturated heterocycles. The second-order valence-electron chi connectivity index (χ2n) is 5.82. The van der Waals surface area contributed by atoms with E-state index in [0.29, 0.717) is 17.4 Å². The number of benzene rings is 1. The van der Waals surface area contributed by atoms with Crippen LogP contribution in [0.4, 0.5) is 0 Å². The van der Waals surface area contributed by atoms with E-state index in [4.69, 9.17) is 0 Å². The average Bonchev–Trinajstić information content (AvgIpc) is 2.91. The van der Waals surface area contributed by atoms with E-state index in [0.717, 1.165) is 31.5 Å². The monoisotopic (exact) mass is 287 g/mol. The van der Waals surface area contributed by atoms with E-state index in [1.165, 1.54) is 4.57 Å². The third-order valence-electron chi connectivity index (χ3n) is 4.44. The van der Waals surface area contributed by atoms with Crippen molar-refractivity contribution in [3.05, 3.63) is 44.6 Å². The van der Waals surface area contributed by atoms with Gasteiger partial charge in [-0.25, -0.2) is 4.79 Å². The van der Waals surface area contributed by atoms with Gasteiger partial charge in [-0.3, -0.25) is 14.3 Å². The summed E-state index contributed by atoms with van der Waals surface area (Å²) in [6, 6.07) is 5.83. The van der Waals surface area contributed by atoms with Crippen LogP contribution in [-0.4, -0.2) is 33.6 Å². The third-order valence-corrected chi connectivity index (χ3v) is 4.44. The van der Waals surface area contributed by atoms with Crippen LogP contribution in [0.25, 0.3) is 10.9 Å². The molecule has 1 aliphatic heterocycles. The van der Waals surface area contributed by atoms with E-state index in [1.807, 2.05) is 19.1 Å². The third kappa shape index (κ3) is 2.53. The Kier molecular flexibility index (Phi) is 3.68. The molecule has 1 unspecified atom stereocenters. The van der Waals surface area contributed by atoms with Crippen LogP contribution in [0.15, 0.2) is 27.8 Å². The van der Waals surface area contributed by atoms with Gasteiger partial charge in [-0.15, -0.1) is 0 Å². The van der Waals surface area contributed by atoms with Crippen molar-refractivity contribution in [2.45, 2.75) is 39.3 Å². The molecule has 0 spiro atoms. The van der Waals surface area contributed by atoms with Crippen molar-refractivity contribution in [3.8, 4) is 0 Å². The van der Waals surface area contributed by atoms with E-state index < -0.39 is 0 Å². The largest absolute Gasteiger partial charge is 0.328 e. The lowest BCUT2D eigenvalue weighted by molar-refractivity contribution is 0.240. The molecular weight excluding hydrogens is 266 g/mol. The topological polar surface area (TPSA) is 58.1 Å². The molecule has 0 amide bonds. The maximum absolute atomic E-state index is 12.6. The summed E-state index contributed by atoms with van der Waals surface area (Å²) >= 11 is 0. The first-order valence-corrected chi connectivity index (χ1v) is 7.57. The maximum atomic E-state index is 12.6. The summed E-state index contributed by atoms with van der Waals surface area (Å²) in [5.74, 6) is 0. The number of aromatic amines is 1. The van der Waals surface area contributed by atoms with E-state index in [2.05, 4.69) is 16.8 Å². The van der Waals surface area contributed by atoms with E-state index in [-0.39, 0.29) is 17.3 Å². The standard InChI is InChI=1S/C16H21N3O2/c1-3-18-8-4-5-12(18)10-19-15(20)13-9-11(2)6-7-14(13)17-16(19)21/h6-7,9,12H,3-5,8,10H2,1-2H3,(H,17,21). The van der Waals surface area contributed by atoms with Gasteiger partial charge in [0.1, 0.15) is 0 Å². The normalized spacial score (nSPS) is 19.4. The van der Waals surface area contributed by atoms with Crippen molar-refractivity contribution >= 4 is 10.9 Å². The van der Waals surface area contributed by atoms with Crippen LogP contribution in [0.3, 0.4) is 0 Å². The highest BCUT2D eigenvalue weighted by Gasteiger charge is 2.24. The summed E-state index contributed by atoms with van der Waals surface area (Å²) in [4.78, 5) is 30.0. The van der Waals surface area contributed by atoms with E-state index in [1.54, 1.807) is 6.07 Å². The molecule has 2 aromatic rings. The first kappa shape index (κ1) is 14.1. The predicted octanol–water partition coefficient (Wildman–Crippen LogP) is 1.48.